The fraction of sp³-hybridized carbons (Fsp3) is 0.261. The normalized spacial score (nSPS) is 10.2. The Labute approximate surface area is 201 Å². The van der Waals surface area contributed by atoms with Gasteiger partial charge in [0.25, 0.3) is 11.8 Å². The predicted octanol–water partition coefficient (Wildman–Crippen LogP) is 4.39. The summed E-state index contributed by atoms with van der Waals surface area (Å²) in [6, 6.07) is 11.9. The molecule has 0 aliphatic heterocycles. The number of rotatable bonds is 9. The first kappa shape index (κ1) is 25.4. The van der Waals surface area contributed by atoms with E-state index in [0.29, 0.717) is 35.2 Å². The number of ether oxygens (including phenoxy) is 2. The monoisotopic (exact) mass is 519 g/mol. The standard InChI is InChI=1S/C23H26BrN3O4S/c1-4-12-30-19-8-6-5-7-17(19)22(29)26-27-23(32)25-21(28)18-14-16(24)9-10-20(18)31-13-11-15(2)3/h4-10,14-15H,1,11-13H2,2-3H3,(H,26,29)(H2,25,27,28,32). The van der Waals surface area contributed by atoms with Gasteiger partial charge < -0.3 is 9.47 Å². The van der Waals surface area contributed by atoms with Crippen molar-refractivity contribution in [3.63, 3.8) is 0 Å². The Bertz CT molecular complexity index is 981. The number of carbonyl (C=O) groups excluding carboxylic acids is 2. The molecule has 0 unspecified atom stereocenters. The van der Waals surface area contributed by atoms with Gasteiger partial charge in [-0.15, -0.1) is 0 Å². The molecule has 3 N–H and O–H groups in total. The fourth-order valence-electron chi connectivity index (χ4n) is 2.52. The number of nitrogens with one attached hydrogen (secondary N) is 3. The third-order valence-electron chi connectivity index (χ3n) is 4.14. The van der Waals surface area contributed by atoms with Crippen molar-refractivity contribution >= 4 is 45.1 Å². The van der Waals surface area contributed by atoms with Gasteiger partial charge in [-0.25, -0.2) is 0 Å². The number of hydrogen-bond acceptors (Lipinski definition) is 5. The van der Waals surface area contributed by atoms with Crippen molar-refractivity contribution in [2.75, 3.05) is 13.2 Å². The van der Waals surface area contributed by atoms with Crippen LogP contribution in [0.15, 0.2) is 59.6 Å². The smallest absolute Gasteiger partial charge is 0.273 e. The van der Waals surface area contributed by atoms with E-state index in [1.807, 2.05) is 0 Å². The van der Waals surface area contributed by atoms with Gasteiger partial charge in [0.2, 0.25) is 0 Å². The summed E-state index contributed by atoms with van der Waals surface area (Å²) in [4.78, 5) is 25.2. The summed E-state index contributed by atoms with van der Waals surface area (Å²) in [7, 11) is 0. The summed E-state index contributed by atoms with van der Waals surface area (Å²) in [5.74, 6) is 0.398. The molecule has 0 fully saturated rings. The molecule has 0 radical (unpaired) electrons. The number of halogens is 1. The Morgan fingerprint density at radius 1 is 1.06 bits per heavy atom. The van der Waals surface area contributed by atoms with E-state index in [2.05, 4.69) is 52.5 Å². The van der Waals surface area contributed by atoms with Gasteiger partial charge in [-0.1, -0.05) is 54.6 Å². The van der Waals surface area contributed by atoms with Gasteiger partial charge in [0.05, 0.1) is 17.7 Å². The maximum absolute atomic E-state index is 12.7. The second kappa shape index (κ2) is 12.8. The fourth-order valence-corrected chi connectivity index (χ4v) is 3.03. The molecule has 0 spiro atoms. The quantitative estimate of drug-likeness (QED) is 0.258. The molecule has 0 aliphatic rings. The minimum absolute atomic E-state index is 0.0686. The zero-order valence-corrected chi connectivity index (χ0v) is 20.3. The van der Waals surface area contributed by atoms with Crippen LogP contribution in [0.4, 0.5) is 0 Å². The number of amides is 2. The Hall–Kier alpha value is -2.91. The average Bonchev–Trinajstić information content (AvgIpc) is 2.76. The predicted molar refractivity (Wildman–Crippen MR) is 132 cm³/mol. The molecule has 0 aliphatic carbocycles. The van der Waals surface area contributed by atoms with E-state index in [9.17, 15) is 9.59 Å². The van der Waals surface area contributed by atoms with Crippen molar-refractivity contribution < 1.29 is 19.1 Å². The minimum atomic E-state index is -0.471. The number of thiocarbonyl (C=S) groups is 1. The highest BCUT2D eigenvalue weighted by atomic mass is 79.9. The zero-order chi connectivity index (χ0) is 23.5. The lowest BCUT2D eigenvalue weighted by Crippen LogP contribution is -2.48. The summed E-state index contributed by atoms with van der Waals surface area (Å²) in [5, 5.41) is 2.47. The molecule has 7 nitrogen and oxygen atoms in total. The van der Waals surface area contributed by atoms with E-state index in [4.69, 9.17) is 21.7 Å². The second-order valence-corrected chi connectivity index (χ2v) is 8.45. The van der Waals surface area contributed by atoms with E-state index < -0.39 is 11.8 Å². The summed E-state index contributed by atoms with van der Waals surface area (Å²) < 4.78 is 12.0. The molecule has 32 heavy (non-hydrogen) atoms. The first-order chi connectivity index (χ1) is 15.3. The molecule has 2 rings (SSSR count). The molecule has 2 aromatic carbocycles. The second-order valence-electron chi connectivity index (χ2n) is 7.13. The van der Waals surface area contributed by atoms with Gasteiger partial charge in [0.1, 0.15) is 18.1 Å². The van der Waals surface area contributed by atoms with Crippen LogP contribution in [0.5, 0.6) is 11.5 Å². The van der Waals surface area contributed by atoms with Crippen LogP contribution >= 0.6 is 28.1 Å². The molecular weight excluding hydrogens is 494 g/mol. The number of carbonyl (C=O) groups is 2. The van der Waals surface area contributed by atoms with Crippen LogP contribution in [-0.4, -0.2) is 30.1 Å². The third-order valence-corrected chi connectivity index (χ3v) is 4.84. The molecule has 2 amide bonds. The maximum atomic E-state index is 12.7. The van der Waals surface area contributed by atoms with Crippen LogP contribution in [0.1, 0.15) is 41.0 Å². The molecule has 170 valence electrons. The van der Waals surface area contributed by atoms with Crippen molar-refractivity contribution in [1.82, 2.24) is 16.2 Å². The van der Waals surface area contributed by atoms with E-state index in [0.717, 1.165) is 10.9 Å². The van der Waals surface area contributed by atoms with Crippen LogP contribution in [0.2, 0.25) is 0 Å². The maximum Gasteiger partial charge on any atom is 0.273 e. The number of benzene rings is 2. The molecule has 0 saturated heterocycles. The zero-order valence-electron chi connectivity index (χ0n) is 17.9. The van der Waals surface area contributed by atoms with Crippen molar-refractivity contribution in [2.45, 2.75) is 20.3 Å². The van der Waals surface area contributed by atoms with Crippen LogP contribution in [0, 0.1) is 5.92 Å². The summed E-state index contributed by atoms with van der Waals surface area (Å²) >= 11 is 8.51. The number of hydrazine groups is 1. The van der Waals surface area contributed by atoms with Gasteiger partial charge in [0.15, 0.2) is 5.11 Å². The van der Waals surface area contributed by atoms with Gasteiger partial charge in [0, 0.05) is 4.47 Å². The van der Waals surface area contributed by atoms with Gasteiger partial charge in [-0.3, -0.25) is 25.8 Å². The lowest BCUT2D eigenvalue weighted by atomic mass is 10.1. The van der Waals surface area contributed by atoms with Crippen molar-refractivity contribution in [1.29, 1.82) is 0 Å². The van der Waals surface area contributed by atoms with Crippen molar-refractivity contribution in [3.8, 4) is 11.5 Å². The van der Waals surface area contributed by atoms with Gasteiger partial charge >= 0.3 is 0 Å². The van der Waals surface area contributed by atoms with E-state index in [1.165, 1.54) is 0 Å². The minimum Gasteiger partial charge on any atom is -0.493 e. The Morgan fingerprint density at radius 2 is 1.78 bits per heavy atom. The van der Waals surface area contributed by atoms with E-state index in [1.54, 1.807) is 48.5 Å². The Kier molecular flexibility index (Phi) is 10.2. The molecule has 0 bridgehead atoms. The first-order valence-electron chi connectivity index (χ1n) is 9.98. The van der Waals surface area contributed by atoms with Crippen molar-refractivity contribution in [2.24, 2.45) is 5.92 Å². The lowest BCUT2D eigenvalue weighted by molar-refractivity contribution is 0.0930. The topological polar surface area (TPSA) is 88.7 Å². The van der Waals surface area contributed by atoms with Crippen molar-refractivity contribution in [3.05, 3.63) is 70.7 Å². The Balaban J connectivity index is 1.97. The Morgan fingerprint density at radius 3 is 2.50 bits per heavy atom. The molecule has 0 atom stereocenters. The van der Waals surface area contributed by atoms with E-state index >= 15 is 0 Å². The highest BCUT2D eigenvalue weighted by Crippen LogP contribution is 2.24. The van der Waals surface area contributed by atoms with Crippen LogP contribution in [0.3, 0.4) is 0 Å². The third kappa shape index (κ3) is 7.97. The number of hydrogen-bond donors (Lipinski definition) is 3. The summed E-state index contributed by atoms with van der Waals surface area (Å²) in [6.07, 6.45) is 2.45. The highest BCUT2D eigenvalue weighted by Gasteiger charge is 2.16. The van der Waals surface area contributed by atoms with E-state index in [-0.39, 0.29) is 11.7 Å². The molecule has 9 heteroatoms. The SMILES string of the molecule is C=CCOc1ccccc1C(=O)NNC(=S)NC(=O)c1cc(Br)ccc1OCCC(C)C. The average molecular weight is 520 g/mol. The molecule has 0 saturated carbocycles. The van der Waals surface area contributed by atoms with Crippen LogP contribution in [-0.2, 0) is 0 Å². The molecular formula is C23H26BrN3O4S. The summed E-state index contributed by atoms with van der Waals surface area (Å²) in [5.41, 5.74) is 5.61. The number of para-hydroxylation sites is 1. The lowest BCUT2D eigenvalue weighted by Gasteiger charge is -2.15. The molecule has 0 aromatic heterocycles. The van der Waals surface area contributed by atoms with Gasteiger partial charge in [-0.05, 0) is 54.9 Å². The van der Waals surface area contributed by atoms with Crippen LogP contribution < -0.4 is 25.6 Å². The molecule has 0 heterocycles. The molecule has 2 aromatic rings. The highest BCUT2D eigenvalue weighted by molar-refractivity contribution is 9.10. The largest absolute Gasteiger partial charge is 0.493 e. The van der Waals surface area contributed by atoms with Gasteiger partial charge in [-0.2, -0.15) is 0 Å². The van der Waals surface area contributed by atoms with Crippen LogP contribution in [0.25, 0.3) is 0 Å². The first-order valence-corrected chi connectivity index (χ1v) is 11.2. The summed E-state index contributed by atoms with van der Waals surface area (Å²) in [6.45, 7) is 8.54.